The number of nitrogens with two attached hydrogens (primary N) is 1. The van der Waals surface area contributed by atoms with Gasteiger partial charge in [-0.05, 0) is 18.2 Å². The fourth-order valence-corrected chi connectivity index (χ4v) is 1.77. The molecule has 100 valence electrons. The van der Waals surface area contributed by atoms with Gasteiger partial charge in [-0.25, -0.2) is 9.37 Å². The number of alkyl halides is 2. The number of nitrogen functional groups attached to an aromatic ring is 1. The summed E-state index contributed by atoms with van der Waals surface area (Å²) in [5.74, 6) is -0.849. The maximum Gasteiger partial charge on any atom is 0.388 e. The second-order valence-corrected chi connectivity index (χ2v) is 4.02. The number of ether oxygens (including phenoxy) is 1. The first kappa shape index (κ1) is 13.5. The van der Waals surface area contributed by atoms with E-state index in [1.807, 2.05) is 0 Å². The van der Waals surface area contributed by atoms with Crippen molar-refractivity contribution in [1.82, 2.24) is 4.98 Å². The van der Waals surface area contributed by atoms with Crippen molar-refractivity contribution < 1.29 is 17.9 Å². The largest absolute Gasteiger partial charge is 0.417 e. The van der Waals surface area contributed by atoms with E-state index in [0.29, 0.717) is 11.1 Å². The van der Waals surface area contributed by atoms with Crippen molar-refractivity contribution in [3.63, 3.8) is 0 Å². The summed E-state index contributed by atoms with van der Waals surface area (Å²) in [6.07, 6.45) is 1.26. The molecule has 0 saturated heterocycles. The predicted molar refractivity (Wildman–Crippen MR) is 65.7 cm³/mol. The minimum Gasteiger partial charge on any atom is -0.417 e. The molecule has 0 atom stereocenters. The van der Waals surface area contributed by atoms with Gasteiger partial charge in [-0.15, -0.1) is 0 Å². The van der Waals surface area contributed by atoms with E-state index >= 15 is 0 Å². The first-order valence-corrected chi connectivity index (χ1v) is 5.51. The number of anilines is 1. The quantitative estimate of drug-likeness (QED) is 0.876. The third-order valence-electron chi connectivity index (χ3n) is 2.34. The molecule has 2 aromatic rings. The van der Waals surface area contributed by atoms with E-state index in [1.165, 1.54) is 24.4 Å². The van der Waals surface area contributed by atoms with Gasteiger partial charge in [-0.2, -0.15) is 8.78 Å². The molecule has 0 aliphatic rings. The second kappa shape index (κ2) is 5.36. The summed E-state index contributed by atoms with van der Waals surface area (Å²) in [5.41, 5.74) is 6.13. The summed E-state index contributed by atoms with van der Waals surface area (Å²) in [7, 11) is 0. The molecular weight excluding hydrogens is 281 g/mol. The van der Waals surface area contributed by atoms with Crippen LogP contribution in [0.1, 0.15) is 0 Å². The van der Waals surface area contributed by atoms with Crippen molar-refractivity contribution in [2.45, 2.75) is 6.61 Å². The number of hydrogen-bond acceptors (Lipinski definition) is 3. The van der Waals surface area contributed by atoms with Crippen molar-refractivity contribution in [2.75, 3.05) is 5.73 Å². The number of nitrogens with zero attached hydrogens (tertiary/aromatic N) is 1. The lowest BCUT2D eigenvalue weighted by atomic mass is 10.1. The summed E-state index contributed by atoms with van der Waals surface area (Å²) < 4.78 is 41.4. The van der Waals surface area contributed by atoms with Crippen LogP contribution >= 0.6 is 11.6 Å². The van der Waals surface area contributed by atoms with Crippen LogP contribution in [0.25, 0.3) is 11.1 Å². The second-order valence-electron chi connectivity index (χ2n) is 3.62. The normalized spacial score (nSPS) is 10.8. The molecule has 2 rings (SSSR count). The fourth-order valence-electron chi connectivity index (χ4n) is 1.48. The van der Waals surface area contributed by atoms with Crippen LogP contribution in [0.3, 0.4) is 0 Å². The van der Waals surface area contributed by atoms with E-state index in [9.17, 15) is 13.2 Å². The topological polar surface area (TPSA) is 48.1 Å². The van der Waals surface area contributed by atoms with Gasteiger partial charge in [0, 0.05) is 23.4 Å². The molecule has 0 saturated carbocycles. The summed E-state index contributed by atoms with van der Waals surface area (Å²) in [4.78, 5) is 3.67. The fraction of sp³-hybridized carbons (Fsp3) is 0.0833. The first-order chi connectivity index (χ1) is 8.97. The predicted octanol–water partition coefficient (Wildman–Crippen LogP) is 3.72. The number of pyridine rings is 1. The van der Waals surface area contributed by atoms with Crippen molar-refractivity contribution >= 4 is 17.3 Å². The molecule has 1 heterocycles. The van der Waals surface area contributed by atoms with E-state index in [2.05, 4.69) is 9.72 Å². The molecule has 0 aliphatic carbocycles. The first-order valence-electron chi connectivity index (χ1n) is 5.13. The lowest BCUT2D eigenvalue weighted by molar-refractivity contribution is -0.0528. The summed E-state index contributed by atoms with van der Waals surface area (Å²) in [6, 6.07) is 5.12. The Morgan fingerprint density at radius 2 is 2.00 bits per heavy atom. The Bertz CT molecular complexity index is 590. The molecule has 0 spiro atoms. The molecule has 0 amide bonds. The lowest BCUT2D eigenvalue weighted by Gasteiger charge is -2.08. The van der Waals surface area contributed by atoms with E-state index in [0.717, 1.165) is 6.07 Å². The maximum absolute atomic E-state index is 13.4. The van der Waals surface area contributed by atoms with Crippen LogP contribution < -0.4 is 10.5 Å². The minimum absolute atomic E-state index is 0.0700. The highest BCUT2D eigenvalue weighted by molar-refractivity contribution is 6.33. The Morgan fingerprint density at radius 1 is 1.26 bits per heavy atom. The van der Waals surface area contributed by atoms with E-state index in [1.54, 1.807) is 0 Å². The van der Waals surface area contributed by atoms with Crippen molar-refractivity contribution in [3.05, 3.63) is 41.3 Å². The lowest BCUT2D eigenvalue weighted by Crippen LogP contribution is -2.03. The average Bonchev–Trinajstić information content (AvgIpc) is 2.34. The molecule has 2 N–H and O–H groups in total. The van der Waals surface area contributed by atoms with Crippen molar-refractivity contribution in [2.24, 2.45) is 0 Å². The molecule has 0 unspecified atom stereocenters. The Balaban J connectivity index is 2.34. The third-order valence-corrected chi connectivity index (χ3v) is 2.66. The van der Waals surface area contributed by atoms with Gasteiger partial charge in [0.25, 0.3) is 0 Å². The Hall–Kier alpha value is -1.95. The van der Waals surface area contributed by atoms with Gasteiger partial charge in [-0.1, -0.05) is 11.6 Å². The average molecular weight is 289 g/mol. The zero-order valence-corrected chi connectivity index (χ0v) is 10.2. The van der Waals surface area contributed by atoms with Crippen molar-refractivity contribution in [1.29, 1.82) is 0 Å². The van der Waals surface area contributed by atoms with Crippen LogP contribution in [0.15, 0.2) is 30.5 Å². The maximum atomic E-state index is 13.4. The van der Waals surface area contributed by atoms with Crippen LogP contribution in [0.4, 0.5) is 18.9 Å². The number of benzene rings is 1. The summed E-state index contributed by atoms with van der Waals surface area (Å²) in [6.45, 7) is -2.95. The monoisotopic (exact) mass is 288 g/mol. The molecule has 19 heavy (non-hydrogen) atoms. The molecule has 0 radical (unpaired) electrons. The van der Waals surface area contributed by atoms with Crippen LogP contribution in [0.2, 0.25) is 5.02 Å². The van der Waals surface area contributed by atoms with E-state index < -0.39 is 12.4 Å². The number of aromatic nitrogens is 1. The highest BCUT2D eigenvalue weighted by Crippen LogP contribution is 2.31. The standard InChI is InChI=1S/C12H8ClF3N2O/c13-8-4-10(17)9(14)3-7(8)6-1-2-11(18-5-6)19-12(15)16/h1-5,12H,17H2. The number of rotatable bonds is 3. The zero-order valence-electron chi connectivity index (χ0n) is 9.41. The van der Waals surface area contributed by atoms with E-state index in [4.69, 9.17) is 17.3 Å². The van der Waals surface area contributed by atoms with Crippen molar-refractivity contribution in [3.8, 4) is 17.0 Å². The molecule has 0 bridgehead atoms. The Labute approximate surface area is 111 Å². The summed E-state index contributed by atoms with van der Waals surface area (Å²) >= 11 is 5.93. The highest BCUT2D eigenvalue weighted by Gasteiger charge is 2.10. The zero-order chi connectivity index (χ0) is 14.0. The molecule has 0 aliphatic heterocycles. The molecule has 1 aromatic heterocycles. The van der Waals surface area contributed by atoms with E-state index in [-0.39, 0.29) is 16.6 Å². The van der Waals surface area contributed by atoms with Gasteiger partial charge in [-0.3, -0.25) is 0 Å². The molecule has 1 aromatic carbocycles. The van der Waals surface area contributed by atoms with Crippen LogP contribution in [-0.4, -0.2) is 11.6 Å². The molecule has 3 nitrogen and oxygen atoms in total. The Kier molecular flexibility index (Phi) is 3.80. The van der Waals surface area contributed by atoms with Crippen LogP contribution in [0, 0.1) is 5.82 Å². The SMILES string of the molecule is Nc1cc(Cl)c(-c2ccc(OC(F)F)nc2)cc1F. The van der Waals surface area contributed by atoms with Gasteiger partial charge in [0.15, 0.2) is 0 Å². The Morgan fingerprint density at radius 3 is 2.58 bits per heavy atom. The smallest absolute Gasteiger partial charge is 0.388 e. The summed E-state index contributed by atoms with van der Waals surface area (Å²) in [5, 5.41) is 0.239. The van der Waals surface area contributed by atoms with Gasteiger partial charge in [0.1, 0.15) is 5.82 Å². The minimum atomic E-state index is -2.95. The molecule has 7 heteroatoms. The van der Waals surface area contributed by atoms with Gasteiger partial charge >= 0.3 is 6.61 Å². The highest BCUT2D eigenvalue weighted by atomic mass is 35.5. The number of halogens is 4. The molecular formula is C12H8ClF3N2O. The van der Waals surface area contributed by atoms with Crippen LogP contribution in [-0.2, 0) is 0 Å². The molecule has 0 fully saturated rings. The van der Waals surface area contributed by atoms with Gasteiger partial charge in [0.2, 0.25) is 5.88 Å². The van der Waals surface area contributed by atoms with Crippen LogP contribution in [0.5, 0.6) is 5.88 Å². The third kappa shape index (κ3) is 3.08. The van der Waals surface area contributed by atoms with Gasteiger partial charge < -0.3 is 10.5 Å². The van der Waals surface area contributed by atoms with Gasteiger partial charge in [0.05, 0.1) is 10.7 Å². The number of hydrogen-bond donors (Lipinski definition) is 1.